The second kappa shape index (κ2) is 7.35. The van der Waals surface area contributed by atoms with Gasteiger partial charge in [0.2, 0.25) is 0 Å². The standard InChI is InChI=1S/C25H24B2O4/c28-26-22-10-3-2-9-20(22)24(30-26)19-8-6-7-17(15-19)18-11-12-23-21(16-18)25(31-27(23)29)13-4-1-5-14-25/h2-3,6-12,15-16,24,28-29H,1,4-5,13-14H2. The van der Waals surface area contributed by atoms with E-state index >= 15 is 0 Å². The van der Waals surface area contributed by atoms with Gasteiger partial charge in [-0.05, 0) is 63.7 Å². The minimum absolute atomic E-state index is 0.282. The summed E-state index contributed by atoms with van der Waals surface area (Å²) >= 11 is 0. The van der Waals surface area contributed by atoms with Crippen LogP contribution in [-0.4, -0.2) is 24.3 Å². The van der Waals surface area contributed by atoms with E-state index in [2.05, 4.69) is 24.3 Å². The number of fused-ring (bicyclic) bond motifs is 3. The first-order valence-corrected chi connectivity index (χ1v) is 11.2. The van der Waals surface area contributed by atoms with Gasteiger partial charge in [-0.2, -0.15) is 0 Å². The van der Waals surface area contributed by atoms with Gasteiger partial charge in [-0.15, -0.1) is 0 Å². The number of hydrogen-bond acceptors (Lipinski definition) is 4. The quantitative estimate of drug-likeness (QED) is 0.638. The lowest BCUT2D eigenvalue weighted by Crippen LogP contribution is -2.31. The fourth-order valence-electron chi connectivity index (χ4n) is 5.59. The molecule has 0 bridgehead atoms. The van der Waals surface area contributed by atoms with E-state index in [1.54, 1.807) is 0 Å². The molecule has 0 saturated heterocycles. The molecule has 2 N–H and O–H groups in total. The predicted octanol–water partition coefficient (Wildman–Crippen LogP) is 3.04. The normalized spacial score (nSPS) is 21.4. The first kappa shape index (κ1) is 19.3. The van der Waals surface area contributed by atoms with Gasteiger partial charge in [0.1, 0.15) is 0 Å². The van der Waals surface area contributed by atoms with E-state index in [9.17, 15) is 10.0 Å². The summed E-state index contributed by atoms with van der Waals surface area (Å²) in [6, 6.07) is 22.4. The van der Waals surface area contributed by atoms with Crippen molar-refractivity contribution >= 4 is 25.2 Å². The number of hydrogen-bond donors (Lipinski definition) is 2. The minimum Gasteiger partial charge on any atom is -0.423 e. The SMILES string of the molecule is OB1OC(c2cccc(-c3ccc4c(c3)C3(CCCCC3)OB4O)c2)c2ccccc21. The molecule has 1 atom stereocenters. The van der Waals surface area contributed by atoms with Crippen LogP contribution in [0.15, 0.2) is 66.7 Å². The highest BCUT2D eigenvalue weighted by atomic mass is 16.5. The first-order valence-electron chi connectivity index (χ1n) is 11.2. The van der Waals surface area contributed by atoms with Gasteiger partial charge in [-0.25, -0.2) is 0 Å². The molecule has 3 aliphatic rings. The Kier molecular flexibility index (Phi) is 4.58. The maximum Gasteiger partial charge on any atom is 0.492 e. The molecule has 1 spiro atoms. The van der Waals surface area contributed by atoms with Crippen molar-refractivity contribution < 1.29 is 19.4 Å². The molecule has 4 nitrogen and oxygen atoms in total. The van der Waals surface area contributed by atoms with E-state index in [4.69, 9.17) is 9.31 Å². The fourth-order valence-corrected chi connectivity index (χ4v) is 5.59. The molecule has 1 fully saturated rings. The Hall–Kier alpha value is -2.37. The van der Waals surface area contributed by atoms with Crippen molar-refractivity contribution in [3.63, 3.8) is 0 Å². The van der Waals surface area contributed by atoms with Crippen LogP contribution in [0.1, 0.15) is 54.9 Å². The van der Waals surface area contributed by atoms with Gasteiger partial charge in [0.05, 0.1) is 11.7 Å². The monoisotopic (exact) mass is 410 g/mol. The van der Waals surface area contributed by atoms with Crippen LogP contribution in [0.4, 0.5) is 0 Å². The van der Waals surface area contributed by atoms with Gasteiger partial charge in [-0.1, -0.05) is 73.9 Å². The van der Waals surface area contributed by atoms with Crippen LogP contribution in [0.25, 0.3) is 11.1 Å². The molecule has 2 heterocycles. The van der Waals surface area contributed by atoms with Crippen molar-refractivity contribution in [2.24, 2.45) is 0 Å². The van der Waals surface area contributed by atoms with E-state index in [0.717, 1.165) is 64.4 Å². The molecule has 0 aromatic heterocycles. The Balaban J connectivity index is 1.39. The van der Waals surface area contributed by atoms with E-state index < -0.39 is 14.2 Å². The zero-order valence-electron chi connectivity index (χ0n) is 17.3. The molecular formula is C25H24B2O4. The van der Waals surface area contributed by atoms with E-state index in [1.165, 1.54) is 6.42 Å². The maximum atomic E-state index is 10.5. The van der Waals surface area contributed by atoms with Crippen LogP contribution in [-0.2, 0) is 14.9 Å². The Labute approximate surface area is 183 Å². The molecule has 0 radical (unpaired) electrons. The van der Waals surface area contributed by atoms with Crippen molar-refractivity contribution in [3.8, 4) is 11.1 Å². The van der Waals surface area contributed by atoms with Crippen LogP contribution in [0.5, 0.6) is 0 Å². The molecular weight excluding hydrogens is 386 g/mol. The van der Waals surface area contributed by atoms with Gasteiger partial charge in [0.15, 0.2) is 0 Å². The third-order valence-corrected chi connectivity index (χ3v) is 7.14. The smallest absolute Gasteiger partial charge is 0.423 e. The molecule has 6 rings (SSSR count). The van der Waals surface area contributed by atoms with Crippen LogP contribution in [0, 0.1) is 0 Å². The second-order valence-electron chi connectivity index (χ2n) is 8.95. The first-order chi connectivity index (χ1) is 15.1. The Bertz CT molecular complexity index is 1140. The van der Waals surface area contributed by atoms with Crippen LogP contribution in [0.2, 0.25) is 0 Å². The number of rotatable bonds is 2. The Morgan fingerprint density at radius 3 is 2.45 bits per heavy atom. The average Bonchev–Trinajstić information content (AvgIpc) is 3.29. The lowest BCUT2D eigenvalue weighted by Gasteiger charge is -2.34. The second-order valence-corrected chi connectivity index (χ2v) is 8.95. The minimum atomic E-state index is -0.894. The molecule has 31 heavy (non-hydrogen) atoms. The summed E-state index contributed by atoms with van der Waals surface area (Å²) in [6.07, 6.45) is 5.14. The van der Waals surface area contributed by atoms with Crippen LogP contribution >= 0.6 is 0 Å². The van der Waals surface area contributed by atoms with Gasteiger partial charge in [0, 0.05) is 0 Å². The van der Waals surface area contributed by atoms with Crippen molar-refractivity contribution in [1.29, 1.82) is 0 Å². The van der Waals surface area contributed by atoms with Gasteiger partial charge >= 0.3 is 14.2 Å². The summed E-state index contributed by atoms with van der Waals surface area (Å²) in [4.78, 5) is 0. The lowest BCUT2D eigenvalue weighted by molar-refractivity contribution is 0.0224. The van der Waals surface area contributed by atoms with Crippen LogP contribution < -0.4 is 10.9 Å². The molecule has 0 amide bonds. The van der Waals surface area contributed by atoms with Crippen molar-refractivity contribution in [1.82, 2.24) is 0 Å². The third-order valence-electron chi connectivity index (χ3n) is 7.14. The summed E-state index contributed by atoms with van der Waals surface area (Å²) in [5, 5.41) is 20.8. The zero-order valence-corrected chi connectivity index (χ0v) is 17.3. The molecule has 1 aliphatic carbocycles. The molecule has 3 aromatic carbocycles. The van der Waals surface area contributed by atoms with Crippen LogP contribution in [0.3, 0.4) is 0 Å². The molecule has 1 unspecified atom stereocenters. The summed E-state index contributed by atoms with van der Waals surface area (Å²) in [5.74, 6) is 0. The summed E-state index contributed by atoms with van der Waals surface area (Å²) in [5.41, 5.74) is 6.76. The molecule has 1 saturated carbocycles. The highest BCUT2D eigenvalue weighted by molar-refractivity contribution is 6.62. The van der Waals surface area contributed by atoms with E-state index in [1.807, 2.05) is 42.5 Å². The molecule has 154 valence electrons. The summed E-state index contributed by atoms with van der Waals surface area (Å²) < 4.78 is 12.0. The van der Waals surface area contributed by atoms with Gasteiger partial charge < -0.3 is 19.4 Å². The number of benzene rings is 3. The molecule has 3 aromatic rings. The average molecular weight is 410 g/mol. The maximum absolute atomic E-state index is 10.5. The largest absolute Gasteiger partial charge is 0.492 e. The molecule has 2 aliphatic heterocycles. The van der Waals surface area contributed by atoms with E-state index in [-0.39, 0.29) is 11.7 Å². The zero-order chi connectivity index (χ0) is 21.0. The third kappa shape index (κ3) is 3.09. The highest BCUT2D eigenvalue weighted by Gasteiger charge is 2.47. The fraction of sp³-hybridized carbons (Fsp3) is 0.280. The Morgan fingerprint density at radius 2 is 1.58 bits per heavy atom. The summed E-state index contributed by atoms with van der Waals surface area (Å²) in [7, 11) is -1.73. The topological polar surface area (TPSA) is 58.9 Å². The highest BCUT2D eigenvalue weighted by Crippen LogP contribution is 2.44. The van der Waals surface area contributed by atoms with Gasteiger partial charge in [-0.3, -0.25) is 0 Å². The lowest BCUT2D eigenvalue weighted by atomic mass is 9.74. The summed E-state index contributed by atoms with van der Waals surface area (Å²) in [6.45, 7) is 0. The van der Waals surface area contributed by atoms with Crippen molar-refractivity contribution in [2.75, 3.05) is 0 Å². The van der Waals surface area contributed by atoms with Crippen molar-refractivity contribution in [2.45, 2.75) is 43.8 Å². The van der Waals surface area contributed by atoms with Crippen molar-refractivity contribution in [3.05, 3.63) is 83.4 Å². The van der Waals surface area contributed by atoms with Gasteiger partial charge in [0.25, 0.3) is 0 Å². The predicted molar refractivity (Wildman–Crippen MR) is 122 cm³/mol. The van der Waals surface area contributed by atoms with E-state index in [0.29, 0.717) is 0 Å². The molecule has 6 heteroatoms. The Morgan fingerprint density at radius 1 is 0.774 bits per heavy atom.